The number of nitrogens with zero attached hydrogens (tertiary/aromatic N) is 2. The van der Waals surface area contributed by atoms with Crippen LogP contribution in [0.25, 0.3) is 6.08 Å². The SMILES string of the molecule is CCCC1C(=Cc2ccccc2)N(C(=O)O)C(COCc2ccccc2)N1c1ccccc1. The first-order valence-electron chi connectivity index (χ1n) is 11.4. The van der Waals surface area contributed by atoms with Crippen LogP contribution in [-0.2, 0) is 11.3 Å². The van der Waals surface area contributed by atoms with Gasteiger partial charge in [0.25, 0.3) is 0 Å². The number of carboxylic acid groups (broad SMARTS) is 1. The molecule has 3 aromatic rings. The third kappa shape index (κ3) is 5.26. The van der Waals surface area contributed by atoms with Gasteiger partial charge in [0.05, 0.1) is 19.3 Å². The van der Waals surface area contributed by atoms with Crippen LogP contribution >= 0.6 is 0 Å². The maximum Gasteiger partial charge on any atom is 0.413 e. The first-order chi connectivity index (χ1) is 16.2. The minimum absolute atomic E-state index is 0.0703. The molecule has 0 bridgehead atoms. The van der Waals surface area contributed by atoms with Crippen molar-refractivity contribution < 1.29 is 14.6 Å². The van der Waals surface area contributed by atoms with E-state index in [2.05, 4.69) is 11.8 Å². The van der Waals surface area contributed by atoms with Crippen LogP contribution < -0.4 is 4.90 Å². The Kier molecular flexibility index (Phi) is 7.43. The zero-order valence-electron chi connectivity index (χ0n) is 18.9. The molecule has 0 radical (unpaired) electrons. The number of amides is 1. The van der Waals surface area contributed by atoms with Crippen LogP contribution in [0.2, 0.25) is 0 Å². The summed E-state index contributed by atoms with van der Waals surface area (Å²) >= 11 is 0. The molecule has 1 N–H and O–H groups in total. The minimum Gasteiger partial charge on any atom is -0.465 e. The maximum atomic E-state index is 12.6. The van der Waals surface area contributed by atoms with E-state index in [9.17, 15) is 9.90 Å². The van der Waals surface area contributed by atoms with E-state index in [0.29, 0.717) is 6.61 Å². The van der Waals surface area contributed by atoms with Gasteiger partial charge >= 0.3 is 6.09 Å². The van der Waals surface area contributed by atoms with Crippen LogP contribution in [0, 0.1) is 0 Å². The Bertz CT molecular complexity index is 1050. The Morgan fingerprint density at radius 1 is 0.939 bits per heavy atom. The summed E-state index contributed by atoms with van der Waals surface area (Å²) in [7, 11) is 0. The predicted molar refractivity (Wildman–Crippen MR) is 132 cm³/mol. The molecule has 5 heteroatoms. The van der Waals surface area contributed by atoms with Crippen molar-refractivity contribution in [2.45, 2.75) is 38.6 Å². The largest absolute Gasteiger partial charge is 0.465 e. The first kappa shape index (κ1) is 22.6. The second-order valence-electron chi connectivity index (χ2n) is 8.16. The van der Waals surface area contributed by atoms with Gasteiger partial charge < -0.3 is 14.7 Å². The number of hydrogen-bond acceptors (Lipinski definition) is 3. The number of rotatable bonds is 8. The van der Waals surface area contributed by atoms with Gasteiger partial charge in [0.2, 0.25) is 0 Å². The molecule has 3 aromatic carbocycles. The van der Waals surface area contributed by atoms with Crippen molar-refractivity contribution in [3.63, 3.8) is 0 Å². The number of carbonyl (C=O) groups is 1. The van der Waals surface area contributed by atoms with Crippen LogP contribution in [0.15, 0.2) is 96.7 Å². The molecular weight excluding hydrogens is 412 g/mol. The molecule has 2 atom stereocenters. The second kappa shape index (κ2) is 10.8. The van der Waals surface area contributed by atoms with E-state index in [4.69, 9.17) is 4.74 Å². The van der Waals surface area contributed by atoms with Crippen molar-refractivity contribution in [2.75, 3.05) is 11.5 Å². The topological polar surface area (TPSA) is 53.0 Å². The summed E-state index contributed by atoms with van der Waals surface area (Å²) in [6.45, 7) is 2.83. The fourth-order valence-electron chi connectivity index (χ4n) is 4.45. The Balaban J connectivity index is 1.72. The van der Waals surface area contributed by atoms with Gasteiger partial charge in [-0.1, -0.05) is 92.2 Å². The zero-order chi connectivity index (χ0) is 23.0. The van der Waals surface area contributed by atoms with Gasteiger partial charge in [-0.2, -0.15) is 0 Å². The number of benzene rings is 3. The highest BCUT2D eigenvalue weighted by Crippen LogP contribution is 2.38. The second-order valence-corrected chi connectivity index (χ2v) is 8.16. The van der Waals surface area contributed by atoms with E-state index in [-0.39, 0.29) is 12.6 Å². The normalized spacial score (nSPS) is 19.2. The predicted octanol–water partition coefficient (Wildman–Crippen LogP) is 6.24. The lowest BCUT2D eigenvalue weighted by molar-refractivity contribution is 0.0707. The molecule has 4 rings (SSSR count). The van der Waals surface area contributed by atoms with E-state index in [1.807, 2.05) is 97.1 Å². The van der Waals surface area contributed by atoms with Crippen LogP contribution in [0.1, 0.15) is 30.9 Å². The first-order valence-corrected chi connectivity index (χ1v) is 11.4. The average Bonchev–Trinajstić information content (AvgIpc) is 3.14. The van der Waals surface area contributed by atoms with E-state index in [1.165, 1.54) is 4.90 Å². The fraction of sp³-hybridized carbons (Fsp3) is 0.250. The molecule has 1 amide bonds. The average molecular weight is 443 g/mol. The van der Waals surface area contributed by atoms with E-state index < -0.39 is 12.3 Å². The van der Waals surface area contributed by atoms with Gasteiger partial charge in [0.15, 0.2) is 0 Å². The summed E-state index contributed by atoms with van der Waals surface area (Å²) in [5.41, 5.74) is 3.83. The van der Waals surface area contributed by atoms with Crippen molar-refractivity contribution in [1.29, 1.82) is 0 Å². The molecule has 1 fully saturated rings. The molecule has 1 aliphatic rings. The number of ether oxygens (including phenoxy) is 1. The summed E-state index contributed by atoms with van der Waals surface area (Å²) in [4.78, 5) is 16.3. The molecule has 0 saturated carbocycles. The molecular formula is C28H30N2O3. The molecule has 2 unspecified atom stereocenters. The molecule has 0 aromatic heterocycles. The maximum absolute atomic E-state index is 12.6. The Hall–Kier alpha value is -3.57. The lowest BCUT2D eigenvalue weighted by Crippen LogP contribution is -2.45. The Morgan fingerprint density at radius 2 is 1.55 bits per heavy atom. The molecule has 0 aliphatic carbocycles. The molecule has 0 spiro atoms. The Labute approximate surface area is 195 Å². The van der Waals surface area contributed by atoms with E-state index in [1.54, 1.807) is 0 Å². The van der Waals surface area contributed by atoms with Gasteiger partial charge in [0, 0.05) is 11.4 Å². The van der Waals surface area contributed by atoms with Crippen molar-refractivity contribution in [2.24, 2.45) is 0 Å². The highest BCUT2D eigenvalue weighted by atomic mass is 16.5. The highest BCUT2D eigenvalue weighted by Gasteiger charge is 2.45. The van der Waals surface area contributed by atoms with Gasteiger partial charge in [0.1, 0.15) is 6.17 Å². The summed E-state index contributed by atoms with van der Waals surface area (Å²) in [6, 6.07) is 29.8. The quantitative estimate of drug-likeness (QED) is 0.449. The monoisotopic (exact) mass is 442 g/mol. The fourth-order valence-corrected chi connectivity index (χ4v) is 4.45. The van der Waals surface area contributed by atoms with Gasteiger partial charge in [-0.05, 0) is 35.8 Å². The van der Waals surface area contributed by atoms with Crippen LogP contribution in [0.4, 0.5) is 10.5 Å². The van der Waals surface area contributed by atoms with Crippen molar-refractivity contribution in [1.82, 2.24) is 4.90 Å². The molecule has 1 heterocycles. The third-order valence-corrected chi connectivity index (χ3v) is 5.89. The molecule has 170 valence electrons. The van der Waals surface area contributed by atoms with Gasteiger partial charge in [-0.15, -0.1) is 0 Å². The van der Waals surface area contributed by atoms with Crippen molar-refractivity contribution >= 4 is 17.9 Å². The smallest absolute Gasteiger partial charge is 0.413 e. The molecule has 1 aliphatic heterocycles. The lowest BCUT2D eigenvalue weighted by atomic mass is 10.0. The number of hydrogen-bond donors (Lipinski definition) is 1. The minimum atomic E-state index is -0.968. The van der Waals surface area contributed by atoms with Crippen molar-refractivity contribution in [3.8, 4) is 0 Å². The number of para-hydroxylation sites is 1. The van der Waals surface area contributed by atoms with Gasteiger partial charge in [-0.3, -0.25) is 4.90 Å². The number of anilines is 1. The van der Waals surface area contributed by atoms with E-state index in [0.717, 1.165) is 35.4 Å². The standard InChI is InChI=1S/C28H30N2O3/c1-2-12-25-26(19-22-13-6-3-7-14-22)30(28(31)32)27(29(25)24-17-10-5-11-18-24)21-33-20-23-15-8-4-9-16-23/h3-11,13-19,25,27H,2,12,20-21H2,1H3,(H,31,32). The van der Waals surface area contributed by atoms with Crippen LogP contribution in [-0.4, -0.2) is 34.9 Å². The summed E-state index contributed by atoms with van der Waals surface area (Å²) in [6.07, 6.45) is 2.35. The lowest BCUT2D eigenvalue weighted by Gasteiger charge is -2.32. The zero-order valence-corrected chi connectivity index (χ0v) is 18.9. The van der Waals surface area contributed by atoms with Gasteiger partial charge in [-0.25, -0.2) is 4.79 Å². The summed E-state index contributed by atoms with van der Waals surface area (Å²) in [5.74, 6) is 0. The van der Waals surface area contributed by atoms with E-state index >= 15 is 0 Å². The molecule has 5 nitrogen and oxygen atoms in total. The van der Waals surface area contributed by atoms with Crippen LogP contribution in [0.5, 0.6) is 0 Å². The Morgan fingerprint density at radius 3 is 2.15 bits per heavy atom. The molecule has 1 saturated heterocycles. The summed E-state index contributed by atoms with van der Waals surface area (Å²) in [5, 5.41) is 10.3. The van der Waals surface area contributed by atoms with Crippen molar-refractivity contribution in [3.05, 3.63) is 108 Å². The van der Waals surface area contributed by atoms with Crippen LogP contribution in [0.3, 0.4) is 0 Å². The summed E-state index contributed by atoms with van der Waals surface area (Å²) < 4.78 is 6.09. The highest BCUT2D eigenvalue weighted by molar-refractivity contribution is 5.75. The molecule has 33 heavy (non-hydrogen) atoms. The third-order valence-electron chi connectivity index (χ3n) is 5.89.